The van der Waals surface area contributed by atoms with Gasteiger partial charge in [-0.25, -0.2) is 4.79 Å². The lowest BCUT2D eigenvalue weighted by Crippen LogP contribution is -2.44. The number of carbonyl (C=O) groups excluding carboxylic acids is 3. The van der Waals surface area contributed by atoms with E-state index in [4.69, 9.17) is 18.9 Å². The van der Waals surface area contributed by atoms with Crippen LogP contribution in [0.15, 0.2) is 18.2 Å². The summed E-state index contributed by atoms with van der Waals surface area (Å²) in [4.78, 5) is 39.5. The lowest BCUT2D eigenvalue weighted by atomic mass is 9.95. The maximum Gasteiger partial charge on any atom is 0.345 e. The Labute approximate surface area is 184 Å². The van der Waals surface area contributed by atoms with Gasteiger partial charge in [-0.15, -0.1) is 0 Å². The number of hydrogen-bond acceptors (Lipinski definition) is 7. The fourth-order valence-corrected chi connectivity index (χ4v) is 3.58. The molecule has 1 aliphatic heterocycles. The summed E-state index contributed by atoms with van der Waals surface area (Å²) in [5.41, 5.74) is -0.359. The Hall–Kier alpha value is -2.55. The van der Waals surface area contributed by atoms with Crippen molar-refractivity contribution in [1.29, 1.82) is 0 Å². The number of carbonyl (C=O) groups is 3. The molecule has 0 spiro atoms. The first-order valence-corrected chi connectivity index (χ1v) is 10.3. The Morgan fingerprint density at radius 2 is 1.68 bits per heavy atom. The molecule has 0 N–H and O–H groups in total. The second-order valence-corrected chi connectivity index (χ2v) is 9.07. The minimum Gasteiger partial charge on any atom is -0.496 e. The molecule has 8 nitrogen and oxygen atoms in total. The average Bonchev–Trinajstić information content (AvgIpc) is 3.04. The third-order valence-corrected chi connectivity index (χ3v) is 5.06. The zero-order chi connectivity index (χ0) is 23.5. The van der Waals surface area contributed by atoms with E-state index >= 15 is 0 Å². The molecule has 0 saturated carbocycles. The van der Waals surface area contributed by atoms with Gasteiger partial charge in [0, 0.05) is 0 Å². The van der Waals surface area contributed by atoms with Crippen LogP contribution in [-0.2, 0) is 19.1 Å². The van der Waals surface area contributed by atoms with Crippen LogP contribution in [0.2, 0.25) is 0 Å². The van der Waals surface area contributed by atoms with Crippen molar-refractivity contribution >= 4 is 25.6 Å². The molecule has 1 aromatic carbocycles. The second kappa shape index (κ2) is 9.72. The molecule has 1 fully saturated rings. The minimum atomic E-state index is -1.13. The van der Waals surface area contributed by atoms with Crippen LogP contribution in [0, 0.1) is 11.3 Å². The van der Waals surface area contributed by atoms with Crippen LogP contribution in [0.5, 0.6) is 11.5 Å². The first kappa shape index (κ1) is 24.7. The average molecular weight is 433 g/mol. The van der Waals surface area contributed by atoms with Crippen LogP contribution >= 0.6 is 0 Å². The van der Waals surface area contributed by atoms with Gasteiger partial charge in [0.05, 0.1) is 31.2 Å². The summed E-state index contributed by atoms with van der Waals surface area (Å²) >= 11 is 0. The van der Waals surface area contributed by atoms with Gasteiger partial charge in [-0.05, 0) is 45.2 Å². The van der Waals surface area contributed by atoms with Gasteiger partial charge in [-0.3, -0.25) is 9.59 Å². The number of hydrogen-bond donors (Lipinski definition) is 0. The van der Waals surface area contributed by atoms with Crippen molar-refractivity contribution in [2.75, 3.05) is 14.2 Å². The molecule has 1 aliphatic rings. The van der Waals surface area contributed by atoms with Crippen LogP contribution in [0.3, 0.4) is 0 Å². The summed E-state index contributed by atoms with van der Waals surface area (Å²) < 4.78 is 22.2. The Bertz CT molecular complexity index is 811. The first-order chi connectivity index (χ1) is 14.4. The predicted octanol–water partition coefficient (Wildman–Crippen LogP) is 2.69. The number of rotatable bonds is 6. The summed E-state index contributed by atoms with van der Waals surface area (Å²) in [7, 11) is 4.43. The summed E-state index contributed by atoms with van der Waals surface area (Å²) in [6, 6.07) is 4.60. The normalized spacial score (nSPS) is 21.2. The summed E-state index contributed by atoms with van der Waals surface area (Å²) in [5, 5.41) is 0. The van der Waals surface area contributed by atoms with E-state index in [2.05, 4.69) is 0 Å². The molecule has 0 aromatic heterocycles. The molecule has 3 atom stereocenters. The molecule has 31 heavy (non-hydrogen) atoms. The van der Waals surface area contributed by atoms with Gasteiger partial charge < -0.3 is 23.8 Å². The van der Waals surface area contributed by atoms with Crippen molar-refractivity contribution in [2.24, 2.45) is 11.3 Å². The van der Waals surface area contributed by atoms with E-state index in [9.17, 15) is 14.4 Å². The van der Waals surface area contributed by atoms with Crippen molar-refractivity contribution in [3.8, 4) is 11.5 Å². The Morgan fingerprint density at radius 1 is 1.13 bits per heavy atom. The Balaban J connectivity index is 2.53. The lowest BCUT2D eigenvalue weighted by Gasteiger charge is -2.30. The molecule has 2 rings (SSSR count). The van der Waals surface area contributed by atoms with Crippen LogP contribution in [-0.4, -0.2) is 56.9 Å². The molecule has 1 unspecified atom stereocenters. The second-order valence-electron chi connectivity index (χ2n) is 9.07. The third kappa shape index (κ3) is 5.39. The van der Waals surface area contributed by atoms with Gasteiger partial charge in [-0.2, -0.15) is 0 Å². The zero-order valence-corrected chi connectivity index (χ0v) is 19.6. The number of nitrogens with zero attached hydrogens (tertiary/aromatic N) is 1. The molecule has 1 heterocycles. The zero-order valence-electron chi connectivity index (χ0n) is 19.6. The van der Waals surface area contributed by atoms with E-state index in [1.165, 1.54) is 27.0 Å². The molecule has 1 amide bonds. The van der Waals surface area contributed by atoms with Gasteiger partial charge in [0.25, 0.3) is 0 Å². The molecule has 1 saturated heterocycles. The van der Waals surface area contributed by atoms with Gasteiger partial charge in [0.1, 0.15) is 11.5 Å². The number of benzene rings is 1. The van der Waals surface area contributed by atoms with E-state index < -0.39 is 35.7 Å². The topological polar surface area (TPSA) is 91.4 Å². The highest BCUT2D eigenvalue weighted by Crippen LogP contribution is 2.45. The number of methoxy groups -OCH3 is 2. The SMILES string of the molecule is BC(=O)N1C(c2c(OC)cccc2OC)O[C@@H](C(=O)OC(=O)C(C)(C)C)[C@@H]1CC(C)C. The van der Waals surface area contributed by atoms with Crippen LogP contribution < -0.4 is 9.47 Å². The van der Waals surface area contributed by atoms with Crippen molar-refractivity contribution in [3.05, 3.63) is 23.8 Å². The molecule has 170 valence electrons. The summed E-state index contributed by atoms with van der Waals surface area (Å²) in [6.45, 7) is 8.95. The maximum absolute atomic E-state index is 13.0. The quantitative estimate of drug-likeness (QED) is 0.387. The summed E-state index contributed by atoms with van der Waals surface area (Å²) in [5.74, 6) is -0.675. The van der Waals surface area contributed by atoms with Crippen LogP contribution in [0.25, 0.3) is 0 Å². The molecule has 9 heteroatoms. The smallest absolute Gasteiger partial charge is 0.345 e. The molecule has 1 aromatic rings. The van der Waals surface area contributed by atoms with E-state index in [-0.39, 0.29) is 11.7 Å². The maximum atomic E-state index is 13.0. The fourth-order valence-electron chi connectivity index (χ4n) is 3.58. The molecule has 0 aliphatic carbocycles. The molecule has 0 bridgehead atoms. The summed E-state index contributed by atoms with van der Waals surface area (Å²) in [6.07, 6.45) is -1.58. The van der Waals surface area contributed by atoms with Crippen LogP contribution in [0.1, 0.15) is 52.8 Å². The number of ether oxygens (including phenoxy) is 4. The van der Waals surface area contributed by atoms with E-state index in [1.807, 2.05) is 13.8 Å². The van der Waals surface area contributed by atoms with E-state index in [0.29, 0.717) is 23.5 Å². The predicted molar refractivity (Wildman–Crippen MR) is 117 cm³/mol. The first-order valence-electron chi connectivity index (χ1n) is 10.3. The number of amides is 1. The van der Waals surface area contributed by atoms with Gasteiger partial charge in [-0.1, -0.05) is 19.9 Å². The van der Waals surface area contributed by atoms with Crippen molar-refractivity contribution in [2.45, 2.75) is 59.4 Å². The fraction of sp³-hybridized carbons (Fsp3) is 0.591. The Kier molecular flexibility index (Phi) is 7.75. The van der Waals surface area contributed by atoms with Crippen molar-refractivity contribution in [3.63, 3.8) is 0 Å². The van der Waals surface area contributed by atoms with Gasteiger partial charge >= 0.3 is 11.9 Å². The molecular weight excluding hydrogens is 401 g/mol. The highest BCUT2D eigenvalue weighted by molar-refractivity contribution is 6.57. The molecular formula is C22H32BNO7. The van der Waals surface area contributed by atoms with E-state index in [0.717, 1.165) is 0 Å². The van der Waals surface area contributed by atoms with Crippen LogP contribution in [0.4, 0.5) is 4.79 Å². The number of esters is 2. The van der Waals surface area contributed by atoms with Gasteiger partial charge in [0.15, 0.2) is 18.1 Å². The van der Waals surface area contributed by atoms with Crippen molar-refractivity contribution < 1.29 is 33.3 Å². The van der Waals surface area contributed by atoms with Gasteiger partial charge in [0.2, 0.25) is 7.85 Å². The van der Waals surface area contributed by atoms with Crippen molar-refractivity contribution in [1.82, 2.24) is 4.90 Å². The third-order valence-electron chi connectivity index (χ3n) is 5.06. The largest absolute Gasteiger partial charge is 0.496 e. The highest BCUT2D eigenvalue weighted by atomic mass is 16.6. The molecule has 0 radical (unpaired) electrons. The monoisotopic (exact) mass is 433 g/mol. The standard InChI is InChI=1S/C22H32BNO7/c1-12(2)11-13-17(19(25)31-20(26)22(3,4)5)30-18(24(13)21(23)27)16-14(28-6)9-8-10-15(16)29-7/h8-10,12-13,17-18H,11,23H2,1-7H3/t13-,17+,18?/m0/s1. The lowest BCUT2D eigenvalue weighted by molar-refractivity contribution is -0.173. The minimum absolute atomic E-state index is 0.155. The van der Waals surface area contributed by atoms with E-state index in [1.54, 1.807) is 39.0 Å². The Morgan fingerprint density at radius 3 is 2.10 bits per heavy atom. The highest BCUT2D eigenvalue weighted by Gasteiger charge is 2.50.